The van der Waals surface area contributed by atoms with Crippen molar-refractivity contribution in [3.8, 4) is 0 Å². The lowest BCUT2D eigenvalue weighted by atomic mass is 10.1. The lowest BCUT2D eigenvalue weighted by Gasteiger charge is -2.35. The normalized spacial score (nSPS) is 16.0. The first-order chi connectivity index (χ1) is 16.6. The Labute approximate surface area is 199 Å². The van der Waals surface area contributed by atoms with Crippen LogP contribution in [0.1, 0.15) is 31.4 Å². The van der Waals surface area contributed by atoms with Gasteiger partial charge in [0.1, 0.15) is 11.4 Å². The molecule has 0 saturated carbocycles. The van der Waals surface area contributed by atoms with Gasteiger partial charge in [-0.25, -0.2) is 9.37 Å². The van der Waals surface area contributed by atoms with Gasteiger partial charge in [0.2, 0.25) is 0 Å². The Hall–Kier alpha value is -3.56. The molecule has 1 saturated heterocycles. The van der Waals surface area contributed by atoms with Crippen LogP contribution in [0.3, 0.4) is 0 Å². The van der Waals surface area contributed by atoms with Gasteiger partial charge in [-0.05, 0) is 29.8 Å². The zero-order chi connectivity index (χ0) is 23.5. The summed E-state index contributed by atoms with van der Waals surface area (Å²) in [6.45, 7) is 2.05. The van der Waals surface area contributed by atoms with E-state index in [1.165, 1.54) is 17.4 Å². The van der Waals surface area contributed by atoms with Crippen molar-refractivity contribution in [3.63, 3.8) is 0 Å². The molecule has 2 amide bonds. The molecule has 1 aliphatic rings. The third-order valence-electron chi connectivity index (χ3n) is 5.91. The van der Waals surface area contributed by atoms with Gasteiger partial charge in [0, 0.05) is 43.4 Å². The van der Waals surface area contributed by atoms with Crippen LogP contribution in [0, 0.1) is 5.82 Å². The third-order valence-corrected chi connectivity index (χ3v) is 6.79. The summed E-state index contributed by atoms with van der Waals surface area (Å²) in [5, 5.41) is 9.16. The molecule has 1 atom stereocenters. The number of nitrogens with one attached hydrogen (secondary N) is 2. The fourth-order valence-electron chi connectivity index (χ4n) is 4.15. The number of hydrogen-bond acceptors (Lipinski definition) is 6. The Balaban J connectivity index is 1.26. The molecule has 9 heteroatoms. The fourth-order valence-corrected chi connectivity index (χ4v) is 4.93. The minimum absolute atomic E-state index is 0.178. The maximum atomic E-state index is 14.0. The number of rotatable bonds is 6. The van der Waals surface area contributed by atoms with Crippen molar-refractivity contribution in [1.29, 1.82) is 0 Å². The predicted molar refractivity (Wildman–Crippen MR) is 128 cm³/mol. The molecule has 5 rings (SSSR count). The van der Waals surface area contributed by atoms with E-state index in [9.17, 15) is 14.0 Å². The molecule has 0 unspecified atom stereocenters. The molecule has 2 aromatic carbocycles. The van der Waals surface area contributed by atoms with Crippen molar-refractivity contribution in [1.82, 2.24) is 20.5 Å². The van der Waals surface area contributed by atoms with Crippen molar-refractivity contribution in [3.05, 3.63) is 87.8 Å². The van der Waals surface area contributed by atoms with Gasteiger partial charge in [-0.2, -0.15) is 0 Å². The van der Waals surface area contributed by atoms with Crippen molar-refractivity contribution in [2.45, 2.75) is 12.5 Å². The predicted octanol–water partition coefficient (Wildman–Crippen LogP) is 3.46. The second kappa shape index (κ2) is 9.74. The number of halogens is 1. The lowest BCUT2D eigenvalue weighted by molar-refractivity contribution is 0.0624. The monoisotopic (exact) mass is 478 g/mol. The van der Waals surface area contributed by atoms with E-state index in [0.29, 0.717) is 60.0 Å². The number of carbonyl (C=O) groups excluding carboxylic acids is 2. The number of fused-ring (bicyclic) bond motifs is 1. The smallest absolute Gasteiger partial charge is 0.283 e. The Morgan fingerprint density at radius 2 is 2.09 bits per heavy atom. The van der Waals surface area contributed by atoms with E-state index in [0.717, 1.165) is 5.39 Å². The van der Waals surface area contributed by atoms with Gasteiger partial charge in [0.05, 0.1) is 23.6 Å². The first-order valence-electron chi connectivity index (χ1n) is 11.0. The van der Waals surface area contributed by atoms with Gasteiger partial charge < -0.3 is 20.0 Å². The Morgan fingerprint density at radius 1 is 1.21 bits per heavy atom. The van der Waals surface area contributed by atoms with Crippen LogP contribution in [0.2, 0.25) is 0 Å². The summed E-state index contributed by atoms with van der Waals surface area (Å²) in [7, 11) is 0. The number of furan rings is 1. The minimum atomic E-state index is -0.285. The molecule has 7 nitrogen and oxygen atoms in total. The maximum absolute atomic E-state index is 14.0. The van der Waals surface area contributed by atoms with Crippen molar-refractivity contribution >= 4 is 34.1 Å². The molecule has 34 heavy (non-hydrogen) atoms. The van der Waals surface area contributed by atoms with Crippen LogP contribution in [-0.4, -0.2) is 53.9 Å². The number of piperazine rings is 1. The molecule has 2 aromatic heterocycles. The Kier molecular flexibility index (Phi) is 6.37. The van der Waals surface area contributed by atoms with Crippen LogP contribution in [0.5, 0.6) is 0 Å². The second-order valence-electron chi connectivity index (χ2n) is 8.12. The third kappa shape index (κ3) is 4.57. The van der Waals surface area contributed by atoms with Gasteiger partial charge in [-0.1, -0.05) is 24.3 Å². The summed E-state index contributed by atoms with van der Waals surface area (Å²) < 4.78 is 19.4. The molecule has 0 radical (unpaired) electrons. The number of aromatic nitrogens is 1. The number of hydrogen-bond donors (Lipinski definition) is 2. The van der Waals surface area contributed by atoms with Crippen LogP contribution in [-0.2, 0) is 6.42 Å². The Morgan fingerprint density at radius 3 is 2.97 bits per heavy atom. The summed E-state index contributed by atoms with van der Waals surface area (Å²) in [6, 6.07) is 13.5. The lowest BCUT2D eigenvalue weighted by Crippen LogP contribution is -2.57. The zero-order valence-corrected chi connectivity index (χ0v) is 19.1. The Bertz CT molecular complexity index is 1330. The van der Waals surface area contributed by atoms with Crippen molar-refractivity contribution in [2.75, 3.05) is 26.2 Å². The van der Waals surface area contributed by atoms with Crippen LogP contribution in [0.15, 0.2) is 64.6 Å². The first kappa shape index (κ1) is 22.2. The molecule has 0 bridgehead atoms. The molecular weight excluding hydrogens is 455 g/mol. The molecule has 4 aromatic rings. The number of amides is 2. The van der Waals surface area contributed by atoms with E-state index in [4.69, 9.17) is 4.42 Å². The van der Waals surface area contributed by atoms with E-state index in [1.807, 2.05) is 6.07 Å². The van der Waals surface area contributed by atoms with Gasteiger partial charge in [-0.15, -0.1) is 11.3 Å². The number of carbonyl (C=O) groups is 2. The van der Waals surface area contributed by atoms with Crippen molar-refractivity contribution < 1.29 is 18.4 Å². The maximum Gasteiger partial charge on any atom is 0.283 e. The molecule has 3 heterocycles. The number of benzene rings is 2. The molecular formula is C25H23FN4O3S. The van der Waals surface area contributed by atoms with E-state index < -0.39 is 0 Å². The van der Waals surface area contributed by atoms with Crippen molar-refractivity contribution in [2.24, 2.45) is 0 Å². The molecule has 1 aliphatic heterocycles. The van der Waals surface area contributed by atoms with Crippen LogP contribution >= 0.6 is 11.3 Å². The quantitative estimate of drug-likeness (QED) is 0.443. The van der Waals surface area contributed by atoms with Gasteiger partial charge >= 0.3 is 0 Å². The molecule has 0 spiro atoms. The van der Waals surface area contributed by atoms with Gasteiger partial charge in [0.25, 0.3) is 11.8 Å². The molecule has 1 fully saturated rings. The highest BCUT2D eigenvalue weighted by molar-refractivity contribution is 7.11. The summed E-state index contributed by atoms with van der Waals surface area (Å²) in [5.74, 6) is -0.679. The van der Waals surface area contributed by atoms with E-state index in [-0.39, 0.29) is 23.7 Å². The van der Waals surface area contributed by atoms with Crippen LogP contribution in [0.25, 0.3) is 11.0 Å². The topological polar surface area (TPSA) is 87.5 Å². The number of thiazole rings is 1. The highest BCUT2D eigenvalue weighted by atomic mass is 32.1. The molecule has 174 valence electrons. The largest absolute Gasteiger partial charge is 0.464 e. The van der Waals surface area contributed by atoms with Gasteiger partial charge in [0.15, 0.2) is 5.01 Å². The summed E-state index contributed by atoms with van der Waals surface area (Å²) in [5.41, 5.74) is 2.39. The standard InChI is InChI=1S/C25H23FN4O3S/c26-21-6-2-1-4-16(21)12-17-15-34-24(29-17)25(32)30-10-9-27-13-18(30)14-28-23(31)20-5-3-7-22-19(20)8-11-33-22/h1-8,11,15,18,27H,9-10,12-14H2,(H,28,31)/t18-/m0/s1. The average molecular weight is 479 g/mol. The van der Waals surface area contributed by atoms with E-state index in [1.54, 1.807) is 52.9 Å². The first-order valence-corrected chi connectivity index (χ1v) is 11.9. The summed E-state index contributed by atoms with van der Waals surface area (Å²) in [6.07, 6.45) is 1.89. The SMILES string of the molecule is O=C(NC[C@@H]1CNCCN1C(=O)c1nc(Cc2ccccc2F)cs1)c1cccc2occc12. The zero-order valence-electron chi connectivity index (χ0n) is 18.3. The number of nitrogens with zero attached hydrogens (tertiary/aromatic N) is 2. The van der Waals surface area contributed by atoms with E-state index >= 15 is 0 Å². The summed E-state index contributed by atoms with van der Waals surface area (Å²) >= 11 is 1.26. The molecule has 2 N–H and O–H groups in total. The second-order valence-corrected chi connectivity index (χ2v) is 8.97. The van der Waals surface area contributed by atoms with Crippen LogP contribution < -0.4 is 10.6 Å². The highest BCUT2D eigenvalue weighted by Crippen LogP contribution is 2.21. The summed E-state index contributed by atoms with van der Waals surface area (Å²) in [4.78, 5) is 32.3. The average Bonchev–Trinajstić information content (AvgIpc) is 3.53. The van der Waals surface area contributed by atoms with Crippen LogP contribution in [0.4, 0.5) is 4.39 Å². The minimum Gasteiger partial charge on any atom is -0.464 e. The highest BCUT2D eigenvalue weighted by Gasteiger charge is 2.29. The van der Waals surface area contributed by atoms with Gasteiger partial charge in [-0.3, -0.25) is 9.59 Å². The van der Waals surface area contributed by atoms with E-state index in [2.05, 4.69) is 15.6 Å². The fraction of sp³-hybridized carbons (Fsp3) is 0.240. The molecule has 0 aliphatic carbocycles.